The predicted molar refractivity (Wildman–Crippen MR) is 44.5 cm³/mol. The van der Waals surface area contributed by atoms with Gasteiger partial charge in [0.05, 0.1) is 11.2 Å². The van der Waals surface area contributed by atoms with E-state index in [1.54, 1.807) is 11.8 Å². The molecule has 0 aromatic carbocycles. The van der Waals surface area contributed by atoms with E-state index in [2.05, 4.69) is 30.3 Å². The molecule has 1 aromatic heterocycles. The largest absolute Gasteiger partial charge is 0.272 e. The zero-order valence-corrected chi connectivity index (χ0v) is 7.33. The third-order valence-electron chi connectivity index (χ3n) is 1.46. The molecule has 10 heavy (non-hydrogen) atoms. The van der Waals surface area contributed by atoms with E-state index in [1.807, 2.05) is 6.20 Å². The predicted octanol–water partition coefficient (Wildman–Crippen LogP) is 2.25. The van der Waals surface area contributed by atoms with Crippen LogP contribution in [-0.2, 0) is 0 Å². The van der Waals surface area contributed by atoms with E-state index in [1.165, 1.54) is 10.6 Å². The Balaban J connectivity index is 2.90. The average molecular weight is 156 g/mol. The molecule has 0 saturated heterocycles. The van der Waals surface area contributed by atoms with E-state index in [0.29, 0.717) is 5.92 Å². The van der Waals surface area contributed by atoms with Gasteiger partial charge in [0.25, 0.3) is 0 Å². The number of nitrogens with zero attached hydrogens (tertiary/aromatic N) is 1. The summed E-state index contributed by atoms with van der Waals surface area (Å²) >= 11 is 1.71. The minimum absolute atomic E-state index is 0.571. The fourth-order valence-electron chi connectivity index (χ4n) is 0.858. The summed E-state index contributed by atoms with van der Waals surface area (Å²) in [4.78, 5) is 0. The van der Waals surface area contributed by atoms with Crippen molar-refractivity contribution in [2.24, 2.45) is 0 Å². The number of hydrogen-bond donors (Lipinski definition) is 1. The molecule has 2 nitrogen and oxygen atoms in total. The highest BCUT2D eigenvalue weighted by molar-refractivity contribution is 7.98. The quantitative estimate of drug-likeness (QED) is 0.665. The maximum atomic E-state index is 3.97. The molecule has 1 heterocycles. The maximum Gasteiger partial charge on any atom is 0.0939 e. The fourth-order valence-corrected chi connectivity index (χ4v) is 1.53. The van der Waals surface area contributed by atoms with Gasteiger partial charge >= 0.3 is 0 Å². The van der Waals surface area contributed by atoms with Crippen LogP contribution < -0.4 is 0 Å². The molecule has 0 aliphatic heterocycles. The highest BCUT2D eigenvalue weighted by Crippen LogP contribution is 2.23. The molecular formula is C7H12N2S. The van der Waals surface area contributed by atoms with Gasteiger partial charge in [-0.2, -0.15) is 5.10 Å². The topological polar surface area (TPSA) is 28.7 Å². The lowest BCUT2D eigenvalue weighted by Gasteiger charge is -2.01. The van der Waals surface area contributed by atoms with Crippen LogP contribution in [0.1, 0.15) is 25.3 Å². The Hall–Kier alpha value is -0.440. The molecule has 3 heteroatoms. The van der Waals surface area contributed by atoms with Crippen LogP contribution in [0.3, 0.4) is 0 Å². The Bertz CT molecular complexity index is 205. The van der Waals surface area contributed by atoms with E-state index < -0.39 is 0 Å². The number of hydrogen-bond acceptors (Lipinski definition) is 2. The Morgan fingerprint density at radius 2 is 2.30 bits per heavy atom. The number of thioether (sulfide) groups is 1. The number of nitrogens with one attached hydrogen (secondary N) is 1. The first-order valence-electron chi connectivity index (χ1n) is 3.33. The van der Waals surface area contributed by atoms with Crippen molar-refractivity contribution >= 4 is 11.8 Å². The van der Waals surface area contributed by atoms with E-state index in [0.717, 1.165) is 0 Å². The molecule has 0 amide bonds. The normalized spacial score (nSPS) is 10.8. The second kappa shape index (κ2) is 3.10. The Labute approximate surface area is 65.4 Å². The molecule has 0 saturated carbocycles. The van der Waals surface area contributed by atoms with Crippen molar-refractivity contribution in [2.45, 2.75) is 24.8 Å². The van der Waals surface area contributed by atoms with Crippen LogP contribution in [0.4, 0.5) is 0 Å². The summed E-state index contributed by atoms with van der Waals surface area (Å²) in [6.45, 7) is 4.34. The standard InChI is InChI=1S/C7H12N2S/c1-5(2)6-4-8-9-7(6)10-3/h4-5H,1-3H3,(H,8,9). The average Bonchev–Trinajstić information content (AvgIpc) is 2.33. The van der Waals surface area contributed by atoms with Crippen LogP contribution in [0.2, 0.25) is 0 Å². The summed E-state index contributed by atoms with van der Waals surface area (Å²) in [7, 11) is 0. The van der Waals surface area contributed by atoms with Gasteiger partial charge in [-0.3, -0.25) is 5.10 Å². The SMILES string of the molecule is CSc1[nH]ncc1C(C)C. The minimum atomic E-state index is 0.571. The van der Waals surface area contributed by atoms with Gasteiger partial charge in [0, 0.05) is 5.56 Å². The van der Waals surface area contributed by atoms with Gasteiger partial charge in [0.15, 0.2) is 0 Å². The van der Waals surface area contributed by atoms with Crippen LogP contribution in [0.5, 0.6) is 0 Å². The minimum Gasteiger partial charge on any atom is -0.272 e. The van der Waals surface area contributed by atoms with Crippen molar-refractivity contribution in [1.29, 1.82) is 0 Å². The highest BCUT2D eigenvalue weighted by Gasteiger charge is 2.06. The van der Waals surface area contributed by atoms with Crippen LogP contribution >= 0.6 is 11.8 Å². The third-order valence-corrected chi connectivity index (χ3v) is 2.19. The highest BCUT2D eigenvalue weighted by atomic mass is 32.2. The number of rotatable bonds is 2. The van der Waals surface area contributed by atoms with Gasteiger partial charge in [-0.05, 0) is 12.2 Å². The smallest absolute Gasteiger partial charge is 0.0939 e. The molecule has 1 aromatic rings. The lowest BCUT2D eigenvalue weighted by atomic mass is 10.1. The summed E-state index contributed by atoms with van der Waals surface area (Å²) in [5.41, 5.74) is 1.31. The molecule has 0 radical (unpaired) electrons. The lowest BCUT2D eigenvalue weighted by molar-refractivity contribution is 0.838. The molecule has 1 N–H and O–H groups in total. The molecular weight excluding hydrogens is 144 g/mol. The molecule has 56 valence electrons. The van der Waals surface area contributed by atoms with Crippen LogP contribution in [0.15, 0.2) is 11.2 Å². The first-order chi connectivity index (χ1) is 4.75. The van der Waals surface area contributed by atoms with Crippen molar-refractivity contribution < 1.29 is 0 Å². The van der Waals surface area contributed by atoms with Crippen molar-refractivity contribution in [3.63, 3.8) is 0 Å². The Morgan fingerprint density at radius 1 is 1.60 bits per heavy atom. The molecule has 0 fully saturated rings. The van der Waals surface area contributed by atoms with Gasteiger partial charge in [-0.1, -0.05) is 13.8 Å². The van der Waals surface area contributed by atoms with Crippen LogP contribution in [0, 0.1) is 0 Å². The first-order valence-corrected chi connectivity index (χ1v) is 4.55. The van der Waals surface area contributed by atoms with E-state index in [4.69, 9.17) is 0 Å². The zero-order valence-electron chi connectivity index (χ0n) is 6.51. The van der Waals surface area contributed by atoms with Gasteiger partial charge in [-0.25, -0.2) is 0 Å². The maximum absolute atomic E-state index is 3.97. The number of aromatic nitrogens is 2. The fraction of sp³-hybridized carbons (Fsp3) is 0.571. The molecule has 0 bridgehead atoms. The zero-order chi connectivity index (χ0) is 7.56. The summed E-state index contributed by atoms with van der Waals surface area (Å²) in [5.74, 6) is 0.571. The summed E-state index contributed by atoms with van der Waals surface area (Å²) < 4.78 is 0. The Morgan fingerprint density at radius 3 is 2.70 bits per heavy atom. The second-order valence-corrected chi connectivity index (χ2v) is 3.33. The molecule has 0 unspecified atom stereocenters. The van der Waals surface area contributed by atoms with E-state index >= 15 is 0 Å². The first kappa shape index (κ1) is 7.66. The summed E-state index contributed by atoms with van der Waals surface area (Å²) in [6, 6.07) is 0. The van der Waals surface area contributed by atoms with Gasteiger partial charge in [0.1, 0.15) is 0 Å². The molecule has 0 aliphatic rings. The third kappa shape index (κ3) is 1.34. The van der Waals surface area contributed by atoms with Crippen molar-refractivity contribution in [2.75, 3.05) is 6.26 Å². The van der Waals surface area contributed by atoms with Crippen LogP contribution in [0.25, 0.3) is 0 Å². The molecule has 0 atom stereocenters. The van der Waals surface area contributed by atoms with Gasteiger partial charge in [0.2, 0.25) is 0 Å². The van der Waals surface area contributed by atoms with Crippen molar-refractivity contribution in [3.05, 3.63) is 11.8 Å². The summed E-state index contributed by atoms with van der Waals surface area (Å²) in [6.07, 6.45) is 3.95. The van der Waals surface area contributed by atoms with Gasteiger partial charge < -0.3 is 0 Å². The van der Waals surface area contributed by atoms with E-state index in [-0.39, 0.29) is 0 Å². The molecule has 1 rings (SSSR count). The van der Waals surface area contributed by atoms with E-state index in [9.17, 15) is 0 Å². The van der Waals surface area contributed by atoms with Crippen molar-refractivity contribution in [3.8, 4) is 0 Å². The lowest BCUT2D eigenvalue weighted by Crippen LogP contribution is -1.85. The van der Waals surface area contributed by atoms with Crippen molar-refractivity contribution in [1.82, 2.24) is 10.2 Å². The van der Waals surface area contributed by atoms with Gasteiger partial charge in [-0.15, -0.1) is 11.8 Å². The number of aromatic amines is 1. The Kier molecular flexibility index (Phi) is 2.38. The summed E-state index contributed by atoms with van der Waals surface area (Å²) in [5, 5.41) is 8.11. The van der Waals surface area contributed by atoms with Crippen LogP contribution in [-0.4, -0.2) is 16.5 Å². The second-order valence-electron chi connectivity index (χ2n) is 2.51. The monoisotopic (exact) mass is 156 g/mol. The molecule has 0 aliphatic carbocycles. The number of H-pyrrole nitrogens is 1. The molecule has 0 spiro atoms.